The van der Waals surface area contributed by atoms with Crippen LogP contribution in [0.15, 0.2) is 30.6 Å². The first-order valence-corrected chi connectivity index (χ1v) is 7.93. The second kappa shape index (κ2) is 6.46. The molecule has 0 bridgehead atoms. The van der Waals surface area contributed by atoms with Gasteiger partial charge in [0.25, 0.3) is 0 Å². The van der Waals surface area contributed by atoms with Gasteiger partial charge in [-0.1, -0.05) is 29.3 Å². The van der Waals surface area contributed by atoms with E-state index in [2.05, 4.69) is 50.3 Å². The van der Waals surface area contributed by atoms with E-state index in [9.17, 15) is 0 Å². The Bertz CT molecular complexity index is 555. The average Bonchev–Trinajstić information content (AvgIpc) is 2.74. The summed E-state index contributed by atoms with van der Waals surface area (Å²) in [5.74, 6) is 0.976. The van der Waals surface area contributed by atoms with E-state index in [0.717, 1.165) is 5.75 Å². The topological polar surface area (TPSA) is 43.8 Å². The van der Waals surface area contributed by atoms with Crippen molar-refractivity contribution in [2.45, 2.75) is 37.8 Å². The molecule has 1 aromatic heterocycles. The molecule has 0 saturated heterocycles. The van der Waals surface area contributed by atoms with Crippen molar-refractivity contribution in [3.8, 4) is 0 Å². The number of nitrogens with zero attached hydrogens (tertiary/aromatic N) is 2. The van der Waals surface area contributed by atoms with E-state index in [4.69, 9.17) is 5.73 Å². The first-order chi connectivity index (χ1) is 9.45. The van der Waals surface area contributed by atoms with E-state index in [1.807, 2.05) is 29.7 Å². The van der Waals surface area contributed by atoms with Crippen molar-refractivity contribution in [2.24, 2.45) is 12.8 Å². The lowest BCUT2D eigenvalue weighted by atomic mass is 10.1. The molecule has 2 rings (SSSR count). The summed E-state index contributed by atoms with van der Waals surface area (Å²) in [6.45, 7) is 6.35. The minimum absolute atomic E-state index is 0.107. The van der Waals surface area contributed by atoms with Crippen LogP contribution in [-0.2, 0) is 12.8 Å². The lowest BCUT2D eigenvalue weighted by Gasteiger charge is -2.19. The van der Waals surface area contributed by atoms with Gasteiger partial charge in [-0.2, -0.15) is 5.10 Å². The highest BCUT2D eigenvalue weighted by Gasteiger charge is 2.18. The summed E-state index contributed by atoms with van der Waals surface area (Å²) in [6.07, 6.45) is 3.98. The fourth-order valence-corrected chi connectivity index (χ4v) is 3.63. The molecule has 0 radical (unpaired) electrons. The molecule has 2 atom stereocenters. The lowest BCUT2D eigenvalue weighted by molar-refractivity contribution is 0.718. The summed E-state index contributed by atoms with van der Waals surface area (Å²) in [5, 5.41) is 4.53. The highest BCUT2D eigenvalue weighted by molar-refractivity contribution is 7.98. The molecule has 0 fully saturated rings. The van der Waals surface area contributed by atoms with Crippen LogP contribution in [0.4, 0.5) is 0 Å². The van der Waals surface area contributed by atoms with Crippen molar-refractivity contribution in [1.82, 2.24) is 9.78 Å². The molecule has 20 heavy (non-hydrogen) atoms. The van der Waals surface area contributed by atoms with Crippen LogP contribution in [0.5, 0.6) is 0 Å². The smallest absolute Gasteiger partial charge is 0.0533 e. The van der Waals surface area contributed by atoms with Gasteiger partial charge in [0, 0.05) is 35.9 Å². The van der Waals surface area contributed by atoms with Crippen molar-refractivity contribution in [3.05, 3.63) is 52.8 Å². The predicted octanol–water partition coefficient (Wildman–Crippen LogP) is 3.36. The van der Waals surface area contributed by atoms with Gasteiger partial charge in [-0.3, -0.25) is 4.68 Å². The van der Waals surface area contributed by atoms with Crippen LogP contribution < -0.4 is 5.73 Å². The molecule has 0 spiro atoms. The van der Waals surface area contributed by atoms with Gasteiger partial charge < -0.3 is 5.73 Å². The fourth-order valence-electron chi connectivity index (χ4n) is 2.48. The number of aromatic nitrogens is 2. The zero-order valence-corrected chi connectivity index (χ0v) is 13.4. The largest absolute Gasteiger partial charge is 0.327 e. The molecule has 3 nitrogen and oxygen atoms in total. The van der Waals surface area contributed by atoms with Crippen molar-refractivity contribution >= 4 is 11.8 Å². The van der Waals surface area contributed by atoms with E-state index >= 15 is 0 Å². The third kappa shape index (κ3) is 3.87. The monoisotopic (exact) mass is 289 g/mol. The Balaban J connectivity index is 2.09. The van der Waals surface area contributed by atoms with Crippen LogP contribution in [-0.4, -0.2) is 15.8 Å². The highest BCUT2D eigenvalue weighted by atomic mass is 32.2. The zero-order chi connectivity index (χ0) is 14.7. The summed E-state index contributed by atoms with van der Waals surface area (Å²) < 4.78 is 1.84. The summed E-state index contributed by atoms with van der Waals surface area (Å²) in [5.41, 5.74) is 11.4. The summed E-state index contributed by atoms with van der Waals surface area (Å²) in [4.78, 5) is 0. The molecule has 0 aliphatic heterocycles. The Kier molecular flexibility index (Phi) is 4.89. The summed E-state index contributed by atoms with van der Waals surface area (Å²) >= 11 is 1.89. The standard InChI is InChI=1S/C16H23N3S/c1-11-5-12(2)7-14(6-11)10-20-16(13(3)17)15-8-18-19(4)9-15/h5-9,13,16H,10,17H2,1-4H3. The van der Waals surface area contributed by atoms with Gasteiger partial charge in [0.1, 0.15) is 0 Å². The molecule has 0 aliphatic carbocycles. The van der Waals surface area contributed by atoms with Crippen molar-refractivity contribution in [1.29, 1.82) is 0 Å². The van der Waals surface area contributed by atoms with E-state index in [1.165, 1.54) is 22.3 Å². The van der Waals surface area contributed by atoms with Crippen molar-refractivity contribution in [2.75, 3.05) is 0 Å². The van der Waals surface area contributed by atoms with Gasteiger partial charge in [-0.05, 0) is 26.3 Å². The molecule has 0 amide bonds. The number of aryl methyl sites for hydroxylation is 3. The van der Waals surface area contributed by atoms with Crippen molar-refractivity contribution in [3.63, 3.8) is 0 Å². The second-order valence-corrected chi connectivity index (χ2v) is 6.66. The molecule has 0 aliphatic rings. The average molecular weight is 289 g/mol. The quantitative estimate of drug-likeness (QED) is 0.918. The molecule has 2 aromatic rings. The maximum atomic E-state index is 6.14. The zero-order valence-electron chi connectivity index (χ0n) is 12.6. The van der Waals surface area contributed by atoms with Crippen LogP contribution in [0.2, 0.25) is 0 Å². The Hall–Kier alpha value is -1.26. The van der Waals surface area contributed by atoms with Crippen molar-refractivity contribution < 1.29 is 0 Å². The summed E-state index contributed by atoms with van der Waals surface area (Å²) in [7, 11) is 1.94. The number of benzene rings is 1. The fraction of sp³-hybridized carbons (Fsp3) is 0.438. The third-order valence-electron chi connectivity index (χ3n) is 3.24. The molecule has 2 N–H and O–H groups in total. The number of rotatable bonds is 5. The molecule has 108 valence electrons. The molecular weight excluding hydrogens is 266 g/mol. The van der Waals surface area contributed by atoms with Gasteiger partial charge in [0.2, 0.25) is 0 Å². The SMILES string of the molecule is Cc1cc(C)cc(CSC(c2cnn(C)c2)C(C)N)c1. The molecule has 4 heteroatoms. The Labute approximate surface area is 125 Å². The van der Waals surface area contributed by atoms with Crippen LogP contribution >= 0.6 is 11.8 Å². The Morgan fingerprint density at radius 3 is 2.40 bits per heavy atom. The Morgan fingerprint density at radius 1 is 1.25 bits per heavy atom. The molecule has 1 heterocycles. The van der Waals surface area contributed by atoms with Gasteiger partial charge in [0.05, 0.1) is 6.20 Å². The lowest BCUT2D eigenvalue weighted by Crippen LogP contribution is -2.22. The van der Waals surface area contributed by atoms with Crippen LogP contribution in [0, 0.1) is 13.8 Å². The van der Waals surface area contributed by atoms with Crippen LogP contribution in [0.1, 0.15) is 34.4 Å². The second-order valence-electron chi connectivity index (χ2n) is 5.53. The molecular formula is C16H23N3S. The number of thioether (sulfide) groups is 1. The number of nitrogens with two attached hydrogens (primary N) is 1. The van der Waals surface area contributed by atoms with Gasteiger partial charge >= 0.3 is 0 Å². The van der Waals surface area contributed by atoms with Crippen LogP contribution in [0.25, 0.3) is 0 Å². The minimum atomic E-state index is 0.107. The molecule has 2 unspecified atom stereocenters. The molecule has 1 aromatic carbocycles. The number of hydrogen-bond acceptors (Lipinski definition) is 3. The minimum Gasteiger partial charge on any atom is -0.327 e. The maximum absolute atomic E-state index is 6.14. The Morgan fingerprint density at radius 2 is 1.90 bits per heavy atom. The third-order valence-corrected chi connectivity index (χ3v) is 4.80. The predicted molar refractivity (Wildman–Crippen MR) is 86.8 cm³/mol. The first-order valence-electron chi connectivity index (χ1n) is 6.88. The summed E-state index contributed by atoms with van der Waals surface area (Å²) in [6, 6.07) is 6.82. The van der Waals surface area contributed by atoms with E-state index in [-0.39, 0.29) is 11.3 Å². The van der Waals surface area contributed by atoms with Crippen LogP contribution in [0.3, 0.4) is 0 Å². The van der Waals surface area contributed by atoms with Gasteiger partial charge in [0.15, 0.2) is 0 Å². The van der Waals surface area contributed by atoms with Gasteiger partial charge in [-0.25, -0.2) is 0 Å². The van der Waals surface area contributed by atoms with E-state index < -0.39 is 0 Å². The first kappa shape index (κ1) is 15.1. The highest BCUT2D eigenvalue weighted by Crippen LogP contribution is 2.33. The normalized spacial score (nSPS) is 14.2. The van der Waals surface area contributed by atoms with Gasteiger partial charge in [-0.15, -0.1) is 11.8 Å². The van der Waals surface area contributed by atoms with E-state index in [0.29, 0.717) is 0 Å². The number of hydrogen-bond donors (Lipinski definition) is 1. The van der Waals surface area contributed by atoms with E-state index in [1.54, 1.807) is 0 Å². The molecule has 0 saturated carbocycles. The maximum Gasteiger partial charge on any atom is 0.0533 e.